The molecule has 0 saturated heterocycles. The SMILES string of the molecule is CN(C)OP(N)(=O)ON(C)C. The summed E-state index contributed by atoms with van der Waals surface area (Å²) in [5.74, 6) is 0. The predicted molar refractivity (Wildman–Crippen MR) is 41.3 cm³/mol. The number of hydroxylamine groups is 4. The van der Waals surface area contributed by atoms with Gasteiger partial charge in [-0.25, -0.2) is 19.3 Å². The van der Waals surface area contributed by atoms with Crippen molar-refractivity contribution in [1.82, 2.24) is 10.1 Å². The Balaban J connectivity index is 3.91. The first-order valence-corrected chi connectivity index (χ1v) is 4.57. The Morgan fingerprint density at radius 2 is 1.36 bits per heavy atom. The van der Waals surface area contributed by atoms with Crippen LogP contribution >= 0.6 is 7.75 Å². The molecule has 0 bridgehead atoms. The number of nitrogens with zero attached hydrogens (tertiary/aromatic N) is 2. The second-order valence-corrected chi connectivity index (χ2v) is 3.73. The molecule has 0 heterocycles. The molecule has 0 atom stereocenters. The van der Waals surface area contributed by atoms with E-state index in [2.05, 4.69) is 9.25 Å². The van der Waals surface area contributed by atoms with Gasteiger partial charge in [0.15, 0.2) is 0 Å². The minimum Gasteiger partial charge on any atom is -0.238 e. The van der Waals surface area contributed by atoms with Gasteiger partial charge in [0.1, 0.15) is 0 Å². The van der Waals surface area contributed by atoms with Crippen LogP contribution in [0.15, 0.2) is 0 Å². The lowest BCUT2D eigenvalue weighted by atomic mass is 11.2. The van der Waals surface area contributed by atoms with Crippen molar-refractivity contribution in [2.24, 2.45) is 5.50 Å². The lowest BCUT2D eigenvalue weighted by Gasteiger charge is -2.19. The number of hydrogen-bond donors (Lipinski definition) is 1. The zero-order valence-corrected chi connectivity index (χ0v) is 8.04. The summed E-state index contributed by atoms with van der Waals surface area (Å²) in [5, 5.41) is 2.45. The molecule has 0 saturated carbocycles. The summed E-state index contributed by atoms with van der Waals surface area (Å²) >= 11 is 0. The lowest BCUT2D eigenvalue weighted by molar-refractivity contribution is -0.0771. The van der Waals surface area contributed by atoms with E-state index < -0.39 is 7.75 Å². The number of hydrogen-bond acceptors (Lipinski definition) is 5. The highest BCUT2D eigenvalue weighted by molar-refractivity contribution is 7.51. The Morgan fingerprint density at radius 1 is 1.09 bits per heavy atom. The number of nitrogens with two attached hydrogens (primary N) is 1. The molecule has 0 aliphatic heterocycles. The van der Waals surface area contributed by atoms with Crippen molar-refractivity contribution in [1.29, 1.82) is 0 Å². The number of rotatable bonds is 4. The largest absolute Gasteiger partial charge is 0.436 e. The van der Waals surface area contributed by atoms with Crippen molar-refractivity contribution in [3.8, 4) is 0 Å². The van der Waals surface area contributed by atoms with Crippen molar-refractivity contribution in [3.63, 3.8) is 0 Å². The van der Waals surface area contributed by atoms with Gasteiger partial charge in [-0.05, 0) is 0 Å². The molecule has 0 amide bonds. The van der Waals surface area contributed by atoms with E-state index >= 15 is 0 Å². The van der Waals surface area contributed by atoms with Gasteiger partial charge in [-0.15, -0.1) is 0 Å². The van der Waals surface area contributed by atoms with Crippen LogP contribution in [0.2, 0.25) is 0 Å². The molecule has 0 aliphatic carbocycles. The summed E-state index contributed by atoms with van der Waals surface area (Å²) in [7, 11) is 2.82. The maximum absolute atomic E-state index is 11.1. The van der Waals surface area contributed by atoms with E-state index in [0.717, 1.165) is 0 Å². The first kappa shape index (κ1) is 11.0. The Morgan fingerprint density at radius 3 is 1.55 bits per heavy atom. The fourth-order valence-electron chi connectivity index (χ4n) is 0.470. The molecule has 0 fully saturated rings. The van der Waals surface area contributed by atoms with Crippen LogP contribution in [0, 0.1) is 0 Å². The van der Waals surface area contributed by atoms with Crippen LogP contribution in [0.5, 0.6) is 0 Å². The van der Waals surface area contributed by atoms with Crippen LogP contribution < -0.4 is 5.50 Å². The van der Waals surface area contributed by atoms with Gasteiger partial charge in [0, 0.05) is 28.2 Å². The molecule has 0 aromatic heterocycles. The average molecular weight is 183 g/mol. The first-order valence-electron chi connectivity index (χ1n) is 2.96. The molecule has 0 aliphatic rings. The fourth-order valence-corrected chi connectivity index (χ4v) is 1.41. The molecule has 11 heavy (non-hydrogen) atoms. The van der Waals surface area contributed by atoms with Crippen LogP contribution in [0.1, 0.15) is 0 Å². The van der Waals surface area contributed by atoms with Gasteiger partial charge in [0.05, 0.1) is 0 Å². The zero-order valence-electron chi connectivity index (χ0n) is 7.14. The van der Waals surface area contributed by atoms with E-state index in [4.69, 9.17) is 5.50 Å². The van der Waals surface area contributed by atoms with E-state index in [1.54, 1.807) is 28.2 Å². The summed E-state index contributed by atoms with van der Waals surface area (Å²) in [5.41, 5.74) is 5.15. The Labute approximate surface area is 66.3 Å². The van der Waals surface area contributed by atoms with Crippen molar-refractivity contribution >= 4 is 7.75 Å². The van der Waals surface area contributed by atoms with E-state index in [1.807, 2.05) is 0 Å². The minimum atomic E-state index is -3.45. The van der Waals surface area contributed by atoms with E-state index in [-0.39, 0.29) is 0 Å². The molecule has 0 unspecified atom stereocenters. The first-order chi connectivity index (χ1) is 4.83. The van der Waals surface area contributed by atoms with Crippen LogP contribution in [-0.4, -0.2) is 38.3 Å². The quantitative estimate of drug-likeness (QED) is 0.490. The average Bonchev–Trinajstić information content (AvgIpc) is 1.53. The van der Waals surface area contributed by atoms with Gasteiger partial charge in [-0.3, -0.25) is 0 Å². The third kappa shape index (κ3) is 6.43. The van der Waals surface area contributed by atoms with E-state index in [1.165, 1.54) is 10.1 Å². The summed E-state index contributed by atoms with van der Waals surface area (Å²) in [6.45, 7) is 0. The molecular formula is C4H14N3O3P. The highest BCUT2D eigenvalue weighted by Gasteiger charge is 2.21. The molecule has 0 aromatic rings. The molecule has 7 heteroatoms. The van der Waals surface area contributed by atoms with Gasteiger partial charge >= 0.3 is 7.75 Å². The summed E-state index contributed by atoms with van der Waals surface area (Å²) in [6, 6.07) is 0. The molecule has 2 N–H and O–H groups in total. The van der Waals surface area contributed by atoms with Gasteiger partial charge in [0.25, 0.3) is 0 Å². The van der Waals surface area contributed by atoms with Gasteiger partial charge < -0.3 is 0 Å². The molecule has 0 rings (SSSR count). The zero-order chi connectivity index (χ0) is 9.07. The lowest BCUT2D eigenvalue weighted by Crippen LogP contribution is -2.20. The third-order valence-electron chi connectivity index (χ3n) is 0.554. The van der Waals surface area contributed by atoms with E-state index in [9.17, 15) is 4.57 Å². The Kier molecular flexibility index (Phi) is 4.17. The van der Waals surface area contributed by atoms with Crippen molar-refractivity contribution in [2.45, 2.75) is 0 Å². The van der Waals surface area contributed by atoms with Gasteiger partial charge in [0.2, 0.25) is 0 Å². The monoisotopic (exact) mass is 183 g/mol. The van der Waals surface area contributed by atoms with E-state index in [0.29, 0.717) is 0 Å². The van der Waals surface area contributed by atoms with Crippen molar-refractivity contribution in [2.75, 3.05) is 28.2 Å². The summed E-state index contributed by atoms with van der Waals surface area (Å²) < 4.78 is 20.4. The van der Waals surface area contributed by atoms with Gasteiger partial charge in [-0.2, -0.15) is 10.1 Å². The molecule has 0 radical (unpaired) electrons. The molecule has 68 valence electrons. The Hall–Kier alpha value is 0.0300. The maximum atomic E-state index is 11.1. The summed E-state index contributed by atoms with van der Waals surface area (Å²) in [4.78, 5) is 0. The van der Waals surface area contributed by atoms with Crippen LogP contribution in [0.4, 0.5) is 0 Å². The van der Waals surface area contributed by atoms with Crippen LogP contribution in [0.25, 0.3) is 0 Å². The summed E-state index contributed by atoms with van der Waals surface area (Å²) in [6.07, 6.45) is 0. The molecule has 6 nitrogen and oxygen atoms in total. The third-order valence-corrected chi connectivity index (χ3v) is 1.66. The topological polar surface area (TPSA) is 68.0 Å². The highest BCUT2D eigenvalue weighted by atomic mass is 31.2. The predicted octanol–water partition coefficient (Wildman–Crippen LogP) is 0.0396. The van der Waals surface area contributed by atoms with Crippen LogP contribution in [-0.2, 0) is 13.8 Å². The normalized spacial score (nSPS) is 13.0. The van der Waals surface area contributed by atoms with Crippen LogP contribution in [0.3, 0.4) is 0 Å². The van der Waals surface area contributed by atoms with Gasteiger partial charge in [-0.1, -0.05) is 0 Å². The molecule has 0 spiro atoms. The molecule has 0 aromatic carbocycles. The smallest absolute Gasteiger partial charge is 0.238 e. The highest BCUT2D eigenvalue weighted by Crippen LogP contribution is 2.39. The minimum absolute atomic E-state index is 1.23. The fraction of sp³-hybridized carbons (Fsp3) is 1.00. The second kappa shape index (κ2) is 4.15. The second-order valence-electron chi connectivity index (χ2n) is 2.33. The Bertz CT molecular complexity index is 147. The standard InChI is InChI=1S/C4H14N3O3P/c1-6(2)9-11(5,8)10-7(3)4/h1-4H3,(H2,5,8). The molecular weight excluding hydrogens is 169 g/mol. The maximum Gasteiger partial charge on any atom is 0.436 e. The van der Waals surface area contributed by atoms with Crippen molar-refractivity contribution < 1.29 is 13.8 Å². The van der Waals surface area contributed by atoms with Crippen molar-refractivity contribution in [3.05, 3.63) is 0 Å².